The molecule has 0 spiro atoms. The Labute approximate surface area is 123 Å². The number of carbonyl (C=O) groups is 2. The molecule has 0 aliphatic heterocycles. The van der Waals surface area contributed by atoms with Gasteiger partial charge in [-0.1, -0.05) is 6.07 Å². The molecule has 3 N–H and O–H groups in total. The molecule has 0 heterocycles. The maximum Gasteiger partial charge on any atom is 0.335 e. The molecular formula is C13H18N2O5S. The molecule has 8 heteroatoms. The fourth-order valence-corrected chi connectivity index (χ4v) is 2.72. The first kappa shape index (κ1) is 17.1. The Morgan fingerprint density at radius 2 is 1.86 bits per heavy atom. The van der Waals surface area contributed by atoms with Crippen molar-refractivity contribution in [1.29, 1.82) is 0 Å². The van der Waals surface area contributed by atoms with Crippen LogP contribution in [0, 0.1) is 0 Å². The van der Waals surface area contributed by atoms with Crippen molar-refractivity contribution < 1.29 is 23.1 Å². The summed E-state index contributed by atoms with van der Waals surface area (Å²) < 4.78 is 26.3. The molecule has 21 heavy (non-hydrogen) atoms. The van der Waals surface area contributed by atoms with Crippen molar-refractivity contribution in [3.63, 3.8) is 0 Å². The van der Waals surface area contributed by atoms with Gasteiger partial charge in [0.15, 0.2) is 0 Å². The molecule has 1 aromatic carbocycles. The number of hydrogen-bond acceptors (Lipinski definition) is 4. The van der Waals surface area contributed by atoms with Gasteiger partial charge in [-0.3, -0.25) is 4.79 Å². The van der Waals surface area contributed by atoms with Crippen LogP contribution in [0.1, 0.15) is 30.1 Å². The monoisotopic (exact) mass is 314 g/mol. The molecule has 0 bridgehead atoms. The number of benzene rings is 1. The Hall–Kier alpha value is -1.93. The summed E-state index contributed by atoms with van der Waals surface area (Å²) in [5.74, 6) is -1.30. The van der Waals surface area contributed by atoms with Crippen molar-refractivity contribution >= 4 is 21.9 Å². The second kappa shape index (κ2) is 7.75. The van der Waals surface area contributed by atoms with Crippen LogP contribution in [-0.2, 0) is 14.8 Å². The number of nitrogens with one attached hydrogen (secondary N) is 2. The van der Waals surface area contributed by atoms with E-state index in [0.717, 1.165) is 6.07 Å². The van der Waals surface area contributed by atoms with Crippen molar-refractivity contribution in [3.8, 4) is 0 Å². The SMILES string of the molecule is CC(=O)NCCCCNS(=O)(=O)c1cccc(C(=O)O)c1. The minimum absolute atomic E-state index is 0.0794. The van der Waals surface area contributed by atoms with E-state index >= 15 is 0 Å². The van der Waals surface area contributed by atoms with Gasteiger partial charge in [-0.2, -0.15) is 0 Å². The number of hydrogen-bond donors (Lipinski definition) is 3. The molecule has 0 saturated carbocycles. The van der Waals surface area contributed by atoms with Crippen LogP contribution < -0.4 is 10.0 Å². The lowest BCUT2D eigenvalue weighted by Crippen LogP contribution is -2.26. The van der Waals surface area contributed by atoms with Crippen LogP contribution in [0.3, 0.4) is 0 Å². The molecule has 1 aromatic rings. The first-order valence-electron chi connectivity index (χ1n) is 6.40. The topological polar surface area (TPSA) is 113 Å². The van der Waals surface area contributed by atoms with Crippen LogP contribution in [0.15, 0.2) is 29.2 Å². The second-order valence-corrected chi connectivity index (χ2v) is 6.19. The third kappa shape index (κ3) is 5.92. The molecule has 116 valence electrons. The Morgan fingerprint density at radius 1 is 1.19 bits per heavy atom. The minimum atomic E-state index is -3.72. The van der Waals surface area contributed by atoms with Crippen LogP contribution in [-0.4, -0.2) is 38.5 Å². The number of sulfonamides is 1. The van der Waals surface area contributed by atoms with Crippen molar-refractivity contribution in [2.24, 2.45) is 0 Å². The van der Waals surface area contributed by atoms with Crippen molar-refractivity contribution in [2.75, 3.05) is 13.1 Å². The third-order valence-electron chi connectivity index (χ3n) is 2.66. The summed E-state index contributed by atoms with van der Waals surface area (Å²) in [6.07, 6.45) is 1.22. The van der Waals surface area contributed by atoms with Crippen LogP contribution in [0.25, 0.3) is 0 Å². The molecule has 0 saturated heterocycles. The molecule has 0 radical (unpaired) electrons. The summed E-state index contributed by atoms with van der Waals surface area (Å²) in [5, 5.41) is 11.5. The predicted molar refractivity (Wildman–Crippen MR) is 76.5 cm³/mol. The summed E-state index contributed by atoms with van der Waals surface area (Å²) in [4.78, 5) is 21.4. The number of carboxylic acids is 1. The average molecular weight is 314 g/mol. The van der Waals surface area contributed by atoms with Gasteiger partial charge in [0, 0.05) is 20.0 Å². The quantitative estimate of drug-likeness (QED) is 0.608. The highest BCUT2D eigenvalue weighted by atomic mass is 32.2. The highest BCUT2D eigenvalue weighted by Crippen LogP contribution is 2.11. The van der Waals surface area contributed by atoms with Crippen LogP contribution in [0.2, 0.25) is 0 Å². The van der Waals surface area contributed by atoms with Crippen LogP contribution >= 0.6 is 0 Å². The molecule has 0 aliphatic rings. The molecule has 1 amide bonds. The molecule has 0 aromatic heterocycles. The standard InChI is InChI=1S/C13H18N2O5S/c1-10(16)14-7-2-3-8-15-21(19,20)12-6-4-5-11(9-12)13(17)18/h4-6,9,15H,2-3,7-8H2,1H3,(H,14,16)(H,17,18). The van der Waals surface area contributed by atoms with Gasteiger partial charge in [0.2, 0.25) is 15.9 Å². The van der Waals surface area contributed by atoms with E-state index in [-0.39, 0.29) is 22.9 Å². The van der Waals surface area contributed by atoms with Gasteiger partial charge in [0.05, 0.1) is 10.5 Å². The van der Waals surface area contributed by atoms with E-state index in [0.29, 0.717) is 19.4 Å². The highest BCUT2D eigenvalue weighted by Gasteiger charge is 2.15. The Kier molecular flexibility index (Phi) is 6.32. The summed E-state index contributed by atoms with van der Waals surface area (Å²) in [5.41, 5.74) is -0.0801. The fraction of sp³-hybridized carbons (Fsp3) is 0.385. The van der Waals surface area contributed by atoms with Gasteiger partial charge in [-0.25, -0.2) is 17.9 Å². The lowest BCUT2D eigenvalue weighted by Gasteiger charge is -2.07. The summed E-state index contributed by atoms with van der Waals surface area (Å²) in [6.45, 7) is 2.13. The number of carboxylic acid groups (broad SMARTS) is 1. The first-order chi connectivity index (χ1) is 9.83. The predicted octanol–water partition coefficient (Wildman–Crippen LogP) is 0.579. The van der Waals surface area contributed by atoms with Gasteiger partial charge >= 0.3 is 5.97 Å². The number of rotatable bonds is 8. The number of aromatic carboxylic acids is 1. The summed E-state index contributed by atoms with van der Waals surface area (Å²) in [6, 6.07) is 5.16. The lowest BCUT2D eigenvalue weighted by atomic mass is 10.2. The summed E-state index contributed by atoms with van der Waals surface area (Å²) in [7, 11) is -3.72. The molecule has 0 fully saturated rings. The van der Waals surface area contributed by atoms with Gasteiger partial charge in [0.25, 0.3) is 0 Å². The van der Waals surface area contributed by atoms with Crippen molar-refractivity contribution in [1.82, 2.24) is 10.0 Å². The van der Waals surface area contributed by atoms with Gasteiger partial charge in [-0.05, 0) is 31.0 Å². The first-order valence-corrected chi connectivity index (χ1v) is 7.89. The van der Waals surface area contributed by atoms with Crippen molar-refractivity contribution in [2.45, 2.75) is 24.7 Å². The zero-order chi connectivity index (χ0) is 15.9. The number of carbonyl (C=O) groups excluding carboxylic acids is 1. The second-order valence-electron chi connectivity index (χ2n) is 4.42. The maximum absolute atomic E-state index is 12.0. The molecule has 1 rings (SSSR count). The molecule has 0 aliphatic carbocycles. The van der Waals surface area contributed by atoms with Crippen LogP contribution in [0.4, 0.5) is 0 Å². The van der Waals surface area contributed by atoms with E-state index in [1.165, 1.54) is 25.1 Å². The van der Waals surface area contributed by atoms with Crippen molar-refractivity contribution in [3.05, 3.63) is 29.8 Å². The number of amides is 1. The zero-order valence-corrected chi connectivity index (χ0v) is 12.4. The highest BCUT2D eigenvalue weighted by molar-refractivity contribution is 7.89. The largest absolute Gasteiger partial charge is 0.478 e. The Bertz CT molecular complexity index is 613. The van der Waals surface area contributed by atoms with Gasteiger partial charge < -0.3 is 10.4 Å². The molecule has 0 atom stereocenters. The zero-order valence-electron chi connectivity index (χ0n) is 11.6. The van der Waals surface area contributed by atoms with Gasteiger partial charge in [-0.15, -0.1) is 0 Å². The third-order valence-corrected chi connectivity index (χ3v) is 4.12. The van der Waals surface area contributed by atoms with E-state index in [9.17, 15) is 18.0 Å². The van der Waals surface area contributed by atoms with E-state index in [1.807, 2.05) is 0 Å². The Balaban J connectivity index is 2.52. The molecule has 0 unspecified atom stereocenters. The molecular weight excluding hydrogens is 296 g/mol. The number of unbranched alkanes of at least 4 members (excludes halogenated alkanes) is 1. The average Bonchev–Trinajstić information content (AvgIpc) is 2.42. The normalized spacial score (nSPS) is 11.1. The Morgan fingerprint density at radius 3 is 2.48 bits per heavy atom. The smallest absolute Gasteiger partial charge is 0.335 e. The molecule has 7 nitrogen and oxygen atoms in total. The van der Waals surface area contributed by atoms with E-state index < -0.39 is 16.0 Å². The van der Waals surface area contributed by atoms with Crippen LogP contribution in [0.5, 0.6) is 0 Å². The van der Waals surface area contributed by atoms with Gasteiger partial charge in [0.1, 0.15) is 0 Å². The maximum atomic E-state index is 12.0. The summed E-state index contributed by atoms with van der Waals surface area (Å²) >= 11 is 0. The van der Waals surface area contributed by atoms with E-state index in [2.05, 4.69) is 10.0 Å². The fourth-order valence-electron chi connectivity index (χ4n) is 1.60. The van der Waals surface area contributed by atoms with E-state index in [4.69, 9.17) is 5.11 Å². The van der Waals surface area contributed by atoms with E-state index in [1.54, 1.807) is 0 Å². The lowest BCUT2D eigenvalue weighted by molar-refractivity contribution is -0.118. The minimum Gasteiger partial charge on any atom is -0.478 e.